The first-order valence-electron chi connectivity index (χ1n) is 6.95. The van der Waals surface area contributed by atoms with E-state index >= 15 is 0 Å². The predicted octanol–water partition coefficient (Wildman–Crippen LogP) is 5.49. The minimum absolute atomic E-state index is 0.0841. The number of hydrogen-bond acceptors (Lipinski definition) is 1. The van der Waals surface area contributed by atoms with Crippen LogP contribution in [0.1, 0.15) is 45.9 Å². The highest BCUT2D eigenvalue weighted by Gasteiger charge is 2.30. The highest BCUT2D eigenvalue weighted by Crippen LogP contribution is 2.36. The highest BCUT2D eigenvalue weighted by molar-refractivity contribution is 6.31. The molecule has 1 aromatic carbocycles. The Morgan fingerprint density at radius 3 is 2.30 bits per heavy atom. The van der Waals surface area contributed by atoms with Crippen LogP contribution in [0.2, 0.25) is 5.02 Å². The molecule has 0 saturated heterocycles. The van der Waals surface area contributed by atoms with Crippen molar-refractivity contribution in [3.05, 3.63) is 28.8 Å². The number of nitrogens with zero attached hydrogens (tertiary/aromatic N) is 2. The molecule has 110 valence electrons. The van der Waals surface area contributed by atoms with E-state index in [1.165, 1.54) is 6.07 Å². The van der Waals surface area contributed by atoms with Crippen LogP contribution in [0.3, 0.4) is 0 Å². The summed E-state index contributed by atoms with van der Waals surface area (Å²) in [5.74, 6) is 0.655. The third-order valence-electron chi connectivity index (χ3n) is 4.33. The van der Waals surface area contributed by atoms with Gasteiger partial charge in [0.2, 0.25) is 0 Å². The van der Waals surface area contributed by atoms with E-state index in [1.54, 1.807) is 6.07 Å². The first-order valence-corrected chi connectivity index (χ1v) is 7.87. The van der Waals surface area contributed by atoms with Gasteiger partial charge in [0.1, 0.15) is 11.6 Å². The average Bonchev–Trinajstić information content (AvgIpc) is 2.81. The van der Waals surface area contributed by atoms with Crippen molar-refractivity contribution < 1.29 is 4.39 Å². The summed E-state index contributed by atoms with van der Waals surface area (Å²) in [7, 11) is 0. The minimum atomic E-state index is -0.418. The lowest BCUT2D eigenvalue weighted by Gasteiger charge is -2.34. The summed E-state index contributed by atoms with van der Waals surface area (Å²) in [6.07, 6.45) is 2.83. The molecular weight excluding hydrogens is 298 g/mol. The lowest BCUT2D eigenvalue weighted by Crippen LogP contribution is -2.32. The summed E-state index contributed by atoms with van der Waals surface area (Å²) in [6.45, 7) is 6.43. The van der Waals surface area contributed by atoms with Gasteiger partial charge in [0.25, 0.3) is 0 Å². The molecule has 0 fully saturated rings. The summed E-state index contributed by atoms with van der Waals surface area (Å²) >= 11 is 11.9. The fourth-order valence-electron chi connectivity index (χ4n) is 2.97. The molecule has 2 aromatic rings. The molecule has 0 N–H and O–H groups in total. The molecule has 2 nitrogen and oxygen atoms in total. The maximum Gasteiger partial charge on any atom is 0.144 e. The van der Waals surface area contributed by atoms with E-state index in [9.17, 15) is 4.39 Å². The molecule has 1 heterocycles. The smallest absolute Gasteiger partial charge is 0.144 e. The van der Waals surface area contributed by atoms with Gasteiger partial charge in [0, 0.05) is 11.6 Å². The molecule has 0 amide bonds. The molecule has 0 radical (unpaired) electrons. The summed E-state index contributed by atoms with van der Waals surface area (Å²) in [5.41, 5.74) is 1.39. The topological polar surface area (TPSA) is 17.8 Å². The molecule has 0 aliphatic heterocycles. The molecule has 0 aliphatic rings. The zero-order valence-corrected chi connectivity index (χ0v) is 13.5. The second kappa shape index (κ2) is 5.90. The van der Waals surface area contributed by atoms with Crippen molar-refractivity contribution in [2.45, 2.75) is 51.5 Å². The van der Waals surface area contributed by atoms with Gasteiger partial charge in [-0.15, -0.1) is 11.6 Å². The van der Waals surface area contributed by atoms with Crippen LogP contribution in [0.5, 0.6) is 0 Å². The Balaban J connectivity index is 2.82. The van der Waals surface area contributed by atoms with Crippen LogP contribution in [0, 0.1) is 5.82 Å². The Labute approximate surface area is 128 Å². The fourth-order valence-corrected chi connectivity index (χ4v) is 3.30. The van der Waals surface area contributed by atoms with Gasteiger partial charge < -0.3 is 4.57 Å². The SMILES string of the molecule is CCC(CC)(CC)n1c(CCl)nc2cc(Cl)c(F)cc21. The molecule has 0 atom stereocenters. The number of imidazole rings is 1. The number of rotatable bonds is 5. The van der Waals surface area contributed by atoms with Crippen LogP contribution in [-0.4, -0.2) is 9.55 Å². The Morgan fingerprint density at radius 1 is 1.20 bits per heavy atom. The van der Waals surface area contributed by atoms with Gasteiger partial charge in [-0.2, -0.15) is 0 Å². The quantitative estimate of drug-likeness (QED) is 0.666. The van der Waals surface area contributed by atoms with Gasteiger partial charge >= 0.3 is 0 Å². The van der Waals surface area contributed by atoms with Crippen LogP contribution < -0.4 is 0 Å². The number of hydrogen-bond donors (Lipinski definition) is 0. The predicted molar refractivity (Wildman–Crippen MR) is 83.1 cm³/mol. The molecule has 0 bridgehead atoms. The molecule has 1 aromatic heterocycles. The van der Waals surface area contributed by atoms with Crippen LogP contribution in [-0.2, 0) is 11.4 Å². The van der Waals surface area contributed by atoms with Crippen LogP contribution in [0.15, 0.2) is 12.1 Å². The van der Waals surface area contributed by atoms with Crippen molar-refractivity contribution in [2.24, 2.45) is 0 Å². The van der Waals surface area contributed by atoms with Gasteiger partial charge in [-0.05, 0) is 25.3 Å². The fraction of sp³-hybridized carbons (Fsp3) is 0.533. The molecule has 2 rings (SSSR count). The Bertz CT molecular complexity index is 610. The maximum atomic E-state index is 13.8. The van der Waals surface area contributed by atoms with E-state index in [2.05, 4.69) is 30.3 Å². The van der Waals surface area contributed by atoms with E-state index in [0.29, 0.717) is 11.4 Å². The summed E-state index contributed by atoms with van der Waals surface area (Å²) in [4.78, 5) is 4.52. The lowest BCUT2D eigenvalue weighted by atomic mass is 9.89. The second-order valence-corrected chi connectivity index (χ2v) is 5.71. The third kappa shape index (κ3) is 2.31. The van der Waals surface area contributed by atoms with Crippen molar-refractivity contribution in [1.82, 2.24) is 9.55 Å². The Morgan fingerprint density at radius 2 is 1.80 bits per heavy atom. The number of alkyl halides is 1. The highest BCUT2D eigenvalue weighted by atomic mass is 35.5. The number of fused-ring (bicyclic) bond motifs is 1. The normalized spacial score (nSPS) is 12.3. The molecule has 0 aliphatic carbocycles. The largest absolute Gasteiger partial charge is 0.321 e. The monoisotopic (exact) mass is 316 g/mol. The average molecular weight is 317 g/mol. The minimum Gasteiger partial charge on any atom is -0.321 e. The van der Waals surface area contributed by atoms with E-state index in [0.717, 1.165) is 30.6 Å². The van der Waals surface area contributed by atoms with Crippen LogP contribution >= 0.6 is 23.2 Å². The van der Waals surface area contributed by atoms with Gasteiger partial charge in [-0.3, -0.25) is 0 Å². The number of aromatic nitrogens is 2. The number of benzene rings is 1. The zero-order valence-electron chi connectivity index (χ0n) is 12.0. The van der Waals surface area contributed by atoms with Gasteiger partial charge in [-0.25, -0.2) is 9.37 Å². The van der Waals surface area contributed by atoms with Gasteiger partial charge in [-0.1, -0.05) is 32.4 Å². The summed E-state index contributed by atoms with van der Waals surface area (Å²) in [5, 5.41) is 0.0957. The lowest BCUT2D eigenvalue weighted by molar-refractivity contribution is 0.252. The molecule has 0 spiro atoms. The molecule has 20 heavy (non-hydrogen) atoms. The Hall–Kier alpha value is -0.800. The van der Waals surface area contributed by atoms with Crippen LogP contribution in [0.4, 0.5) is 4.39 Å². The van der Waals surface area contributed by atoms with E-state index in [4.69, 9.17) is 23.2 Å². The maximum absolute atomic E-state index is 13.8. The van der Waals surface area contributed by atoms with Gasteiger partial charge in [0.05, 0.1) is 21.9 Å². The zero-order chi connectivity index (χ0) is 14.9. The third-order valence-corrected chi connectivity index (χ3v) is 4.86. The summed E-state index contributed by atoms with van der Waals surface area (Å²) in [6, 6.07) is 3.04. The van der Waals surface area contributed by atoms with E-state index in [1.807, 2.05) is 0 Å². The molecule has 0 unspecified atom stereocenters. The van der Waals surface area contributed by atoms with E-state index < -0.39 is 5.82 Å². The van der Waals surface area contributed by atoms with Crippen molar-refractivity contribution in [3.8, 4) is 0 Å². The second-order valence-electron chi connectivity index (χ2n) is 5.04. The van der Waals surface area contributed by atoms with Crippen molar-refractivity contribution >= 4 is 34.2 Å². The van der Waals surface area contributed by atoms with Crippen LogP contribution in [0.25, 0.3) is 11.0 Å². The standard InChI is InChI=1S/C15H19Cl2FN2/c1-4-15(5-2,6-3)20-13-8-11(18)10(17)7-12(13)19-14(20)9-16/h7-8H,4-6,9H2,1-3H3. The van der Waals surface area contributed by atoms with Crippen molar-refractivity contribution in [1.29, 1.82) is 0 Å². The molecule has 0 saturated carbocycles. The molecule has 5 heteroatoms. The Kier molecular flexibility index (Phi) is 4.60. The van der Waals surface area contributed by atoms with Gasteiger partial charge in [0.15, 0.2) is 0 Å². The molecular formula is C15H19Cl2FN2. The van der Waals surface area contributed by atoms with Crippen molar-refractivity contribution in [3.63, 3.8) is 0 Å². The van der Waals surface area contributed by atoms with Crippen molar-refractivity contribution in [2.75, 3.05) is 0 Å². The van der Waals surface area contributed by atoms with E-state index in [-0.39, 0.29) is 10.6 Å². The first kappa shape index (κ1) is 15.6. The summed E-state index contributed by atoms with van der Waals surface area (Å²) < 4.78 is 15.9. The first-order chi connectivity index (χ1) is 9.52. The number of halogens is 3.